The quantitative estimate of drug-likeness (QED) is 0.632. The first kappa shape index (κ1) is 19.8. The molecule has 2 aromatic rings. The molecule has 9 heteroatoms. The summed E-state index contributed by atoms with van der Waals surface area (Å²) in [6.07, 6.45) is -4.49. The van der Waals surface area contributed by atoms with E-state index in [1.807, 2.05) is 4.90 Å². The van der Waals surface area contributed by atoms with Crippen LogP contribution in [0.5, 0.6) is 0 Å². The van der Waals surface area contributed by atoms with E-state index in [1.54, 1.807) is 18.2 Å². The van der Waals surface area contributed by atoms with Gasteiger partial charge in [-0.3, -0.25) is 0 Å². The van der Waals surface area contributed by atoms with Crippen LogP contribution in [-0.4, -0.2) is 24.2 Å². The Balaban J connectivity index is 1.92. The summed E-state index contributed by atoms with van der Waals surface area (Å²) in [4.78, 5) is 13.1. The van der Waals surface area contributed by atoms with Gasteiger partial charge >= 0.3 is 12.1 Å². The second-order valence-corrected chi connectivity index (χ2v) is 7.04. The smallest absolute Gasteiger partial charge is 0.417 e. The number of aromatic carboxylic acids is 1. The third kappa shape index (κ3) is 3.84. The number of hydrogen-bond donors (Lipinski definition) is 1. The first-order chi connectivity index (χ1) is 12.6. The number of halogens is 6. The van der Waals surface area contributed by atoms with Gasteiger partial charge in [0, 0.05) is 24.7 Å². The van der Waals surface area contributed by atoms with Gasteiger partial charge in [0.1, 0.15) is 11.4 Å². The molecule has 0 amide bonds. The first-order valence-corrected chi connectivity index (χ1v) is 8.68. The van der Waals surface area contributed by atoms with Gasteiger partial charge < -0.3 is 10.0 Å². The Labute approximate surface area is 162 Å². The van der Waals surface area contributed by atoms with Gasteiger partial charge in [0.25, 0.3) is 0 Å². The van der Waals surface area contributed by atoms with Crippen LogP contribution in [0.3, 0.4) is 0 Å². The molecule has 0 aromatic heterocycles. The van der Waals surface area contributed by atoms with Gasteiger partial charge in [-0.25, -0.2) is 9.18 Å². The van der Waals surface area contributed by atoms with E-state index in [0.29, 0.717) is 35.6 Å². The standard InChI is InChI=1S/C18H13Cl2F4NO2/c19-13-4-1-10(7-14(13)20)25-6-5-9(8-25)11-2-3-12(18(22,23)24)15(16(11)21)17(26)27/h1-4,7,9H,5-6,8H2,(H,26,27). The number of carboxylic acids is 1. The van der Waals surface area contributed by atoms with Crippen molar-refractivity contribution in [3.8, 4) is 0 Å². The van der Waals surface area contributed by atoms with Crippen molar-refractivity contribution >= 4 is 34.9 Å². The average Bonchev–Trinajstić information content (AvgIpc) is 3.05. The van der Waals surface area contributed by atoms with Crippen molar-refractivity contribution in [2.24, 2.45) is 0 Å². The second kappa shape index (κ2) is 7.20. The summed E-state index contributed by atoms with van der Waals surface area (Å²) < 4.78 is 53.6. The minimum absolute atomic E-state index is 0.0389. The number of hydrogen-bond acceptors (Lipinski definition) is 2. The summed E-state index contributed by atoms with van der Waals surface area (Å²) in [5, 5.41) is 9.82. The van der Waals surface area contributed by atoms with Crippen LogP contribution in [0.15, 0.2) is 30.3 Å². The van der Waals surface area contributed by atoms with Crippen molar-refractivity contribution in [2.75, 3.05) is 18.0 Å². The molecule has 0 saturated carbocycles. The molecule has 1 aliphatic heterocycles. The van der Waals surface area contributed by atoms with E-state index in [9.17, 15) is 22.4 Å². The molecule has 1 unspecified atom stereocenters. The summed E-state index contributed by atoms with van der Waals surface area (Å²) in [7, 11) is 0. The second-order valence-electron chi connectivity index (χ2n) is 6.22. The Bertz CT molecular complexity index is 902. The van der Waals surface area contributed by atoms with E-state index in [-0.39, 0.29) is 5.56 Å². The number of carboxylic acid groups (broad SMARTS) is 1. The molecule has 2 aromatic carbocycles. The van der Waals surface area contributed by atoms with Crippen LogP contribution in [0.4, 0.5) is 23.2 Å². The molecular weight excluding hydrogens is 409 g/mol. The Kier molecular flexibility index (Phi) is 5.27. The van der Waals surface area contributed by atoms with Gasteiger partial charge in [-0.15, -0.1) is 0 Å². The highest BCUT2D eigenvalue weighted by atomic mass is 35.5. The van der Waals surface area contributed by atoms with E-state index < -0.39 is 35.0 Å². The monoisotopic (exact) mass is 421 g/mol. The number of carbonyl (C=O) groups is 1. The SMILES string of the molecule is O=C(O)c1c(C(F)(F)F)ccc(C2CCN(c3ccc(Cl)c(Cl)c3)C2)c1F. The minimum Gasteiger partial charge on any atom is -0.478 e. The number of alkyl halides is 3. The van der Waals surface area contributed by atoms with E-state index in [2.05, 4.69) is 0 Å². The molecular formula is C18H13Cl2F4NO2. The van der Waals surface area contributed by atoms with Gasteiger partial charge in [0.05, 0.1) is 15.6 Å². The molecule has 1 saturated heterocycles. The fourth-order valence-electron chi connectivity index (χ4n) is 3.28. The highest BCUT2D eigenvalue weighted by Gasteiger charge is 2.39. The predicted molar refractivity (Wildman–Crippen MR) is 94.4 cm³/mol. The largest absolute Gasteiger partial charge is 0.478 e. The van der Waals surface area contributed by atoms with Crippen LogP contribution in [0.1, 0.15) is 33.8 Å². The molecule has 0 spiro atoms. The van der Waals surface area contributed by atoms with Crippen LogP contribution < -0.4 is 4.90 Å². The molecule has 3 nitrogen and oxygen atoms in total. The maximum atomic E-state index is 14.7. The van der Waals surface area contributed by atoms with Crippen LogP contribution >= 0.6 is 23.2 Å². The number of nitrogens with zero attached hydrogens (tertiary/aromatic N) is 1. The van der Waals surface area contributed by atoms with Gasteiger partial charge in [-0.1, -0.05) is 29.3 Å². The zero-order chi connectivity index (χ0) is 19.9. The highest BCUT2D eigenvalue weighted by Crippen LogP contribution is 2.39. The van der Waals surface area contributed by atoms with Crippen LogP contribution in [0.2, 0.25) is 10.0 Å². The fourth-order valence-corrected chi connectivity index (χ4v) is 3.58. The predicted octanol–water partition coefficient (Wildman–Crippen LogP) is 5.84. The lowest BCUT2D eigenvalue weighted by atomic mass is 9.93. The molecule has 0 bridgehead atoms. The molecule has 27 heavy (non-hydrogen) atoms. The average molecular weight is 422 g/mol. The topological polar surface area (TPSA) is 40.5 Å². The van der Waals surface area contributed by atoms with E-state index >= 15 is 0 Å². The van der Waals surface area contributed by atoms with Crippen LogP contribution in [0.25, 0.3) is 0 Å². The molecule has 3 rings (SSSR count). The zero-order valence-corrected chi connectivity index (χ0v) is 15.2. The zero-order valence-electron chi connectivity index (χ0n) is 13.7. The number of rotatable bonds is 3. The molecule has 1 fully saturated rings. The normalized spacial score (nSPS) is 17.4. The third-order valence-corrected chi connectivity index (χ3v) is 5.33. The van der Waals surface area contributed by atoms with Crippen molar-refractivity contribution in [1.29, 1.82) is 0 Å². The summed E-state index contributed by atoms with van der Waals surface area (Å²) in [6.45, 7) is 0.838. The van der Waals surface area contributed by atoms with Crippen molar-refractivity contribution in [3.05, 3.63) is 62.9 Å². The molecule has 144 valence electrons. The Hall–Kier alpha value is -1.99. The van der Waals surface area contributed by atoms with E-state index in [4.69, 9.17) is 28.3 Å². The Morgan fingerprint density at radius 2 is 1.85 bits per heavy atom. The summed E-state index contributed by atoms with van der Waals surface area (Å²) in [6, 6.07) is 6.66. The number of benzene rings is 2. The Morgan fingerprint density at radius 1 is 1.15 bits per heavy atom. The third-order valence-electron chi connectivity index (χ3n) is 4.59. The fraction of sp³-hybridized carbons (Fsp3) is 0.278. The lowest BCUT2D eigenvalue weighted by Gasteiger charge is -2.20. The van der Waals surface area contributed by atoms with Gasteiger partial charge in [-0.05, 0) is 36.2 Å². The maximum absolute atomic E-state index is 14.7. The lowest BCUT2D eigenvalue weighted by Crippen LogP contribution is -2.20. The Morgan fingerprint density at radius 3 is 2.44 bits per heavy atom. The van der Waals surface area contributed by atoms with E-state index in [0.717, 1.165) is 11.8 Å². The maximum Gasteiger partial charge on any atom is 0.417 e. The van der Waals surface area contributed by atoms with E-state index in [1.165, 1.54) is 0 Å². The molecule has 1 aliphatic rings. The molecule has 0 radical (unpaired) electrons. The highest BCUT2D eigenvalue weighted by molar-refractivity contribution is 6.42. The van der Waals surface area contributed by atoms with Crippen LogP contribution in [-0.2, 0) is 6.18 Å². The summed E-state index contributed by atoms with van der Waals surface area (Å²) in [5.74, 6) is -3.72. The molecule has 1 N–H and O–H groups in total. The molecule has 1 atom stereocenters. The molecule has 1 heterocycles. The lowest BCUT2D eigenvalue weighted by molar-refractivity contribution is -0.138. The molecule has 0 aliphatic carbocycles. The van der Waals surface area contributed by atoms with Crippen molar-refractivity contribution in [3.63, 3.8) is 0 Å². The van der Waals surface area contributed by atoms with Gasteiger partial charge in [0.2, 0.25) is 0 Å². The van der Waals surface area contributed by atoms with Crippen molar-refractivity contribution in [2.45, 2.75) is 18.5 Å². The number of anilines is 1. The minimum atomic E-state index is -4.95. The van der Waals surface area contributed by atoms with Gasteiger partial charge in [-0.2, -0.15) is 13.2 Å². The summed E-state index contributed by atoms with van der Waals surface area (Å²) in [5.41, 5.74) is -2.12. The van der Waals surface area contributed by atoms with Crippen molar-refractivity contribution in [1.82, 2.24) is 0 Å². The first-order valence-electron chi connectivity index (χ1n) is 7.92. The van der Waals surface area contributed by atoms with Crippen molar-refractivity contribution < 1.29 is 27.5 Å². The van der Waals surface area contributed by atoms with Gasteiger partial charge in [0.15, 0.2) is 0 Å². The summed E-state index contributed by atoms with van der Waals surface area (Å²) >= 11 is 11.9. The van der Waals surface area contributed by atoms with Crippen LogP contribution in [0, 0.1) is 5.82 Å².